The molecule has 0 spiro atoms. The minimum absolute atomic E-state index is 0.121. The molecule has 4 rings (SSSR count). The van der Waals surface area contributed by atoms with Crippen molar-refractivity contribution >= 4 is 11.8 Å². The second kappa shape index (κ2) is 4.70. The molecule has 0 aromatic rings. The van der Waals surface area contributed by atoms with Crippen LogP contribution in [0.3, 0.4) is 0 Å². The zero-order valence-electron chi connectivity index (χ0n) is 12.8. The Morgan fingerprint density at radius 1 is 1.14 bits per heavy atom. The van der Waals surface area contributed by atoms with Crippen LogP contribution >= 0.6 is 0 Å². The summed E-state index contributed by atoms with van der Waals surface area (Å²) in [5, 5.41) is 0. The number of rotatable bonds is 2. The average Bonchev–Trinajstić information content (AvgIpc) is 3.15. The summed E-state index contributed by atoms with van der Waals surface area (Å²) < 4.78 is 5.94. The third kappa shape index (κ3) is 1.86. The maximum atomic E-state index is 13.0. The smallest absolute Gasteiger partial charge is 0.246 e. The van der Waals surface area contributed by atoms with Gasteiger partial charge in [0, 0.05) is 6.54 Å². The summed E-state index contributed by atoms with van der Waals surface area (Å²) in [6.45, 7) is 4.85. The van der Waals surface area contributed by atoms with E-state index in [1.165, 1.54) is 0 Å². The van der Waals surface area contributed by atoms with Crippen molar-refractivity contribution in [2.24, 2.45) is 5.92 Å². The zero-order chi connectivity index (χ0) is 14.7. The minimum atomic E-state index is -0.292. The summed E-state index contributed by atoms with van der Waals surface area (Å²) >= 11 is 0. The van der Waals surface area contributed by atoms with Crippen molar-refractivity contribution in [3.05, 3.63) is 0 Å². The van der Waals surface area contributed by atoms with E-state index in [2.05, 4.69) is 0 Å². The van der Waals surface area contributed by atoms with Gasteiger partial charge in [0.1, 0.15) is 12.1 Å². The molecule has 5 atom stereocenters. The number of ether oxygens (including phenoxy) is 1. The Morgan fingerprint density at radius 3 is 2.57 bits per heavy atom. The lowest BCUT2D eigenvalue weighted by Gasteiger charge is -2.47. The Morgan fingerprint density at radius 2 is 1.95 bits per heavy atom. The second-order valence-electron chi connectivity index (χ2n) is 7.30. The van der Waals surface area contributed by atoms with E-state index in [4.69, 9.17) is 4.74 Å². The molecule has 0 aromatic carbocycles. The van der Waals surface area contributed by atoms with Gasteiger partial charge in [0.15, 0.2) is 0 Å². The van der Waals surface area contributed by atoms with Gasteiger partial charge in [-0.15, -0.1) is 0 Å². The Balaban J connectivity index is 1.68. The van der Waals surface area contributed by atoms with Gasteiger partial charge in [-0.1, -0.05) is 13.8 Å². The van der Waals surface area contributed by atoms with Crippen LogP contribution in [0.2, 0.25) is 0 Å². The Hall–Kier alpha value is -1.10. The van der Waals surface area contributed by atoms with E-state index in [1.807, 2.05) is 23.6 Å². The van der Waals surface area contributed by atoms with Gasteiger partial charge in [-0.25, -0.2) is 0 Å². The van der Waals surface area contributed by atoms with Gasteiger partial charge >= 0.3 is 0 Å². The average molecular weight is 292 g/mol. The van der Waals surface area contributed by atoms with Crippen molar-refractivity contribution in [3.63, 3.8) is 0 Å². The van der Waals surface area contributed by atoms with Crippen molar-refractivity contribution < 1.29 is 14.3 Å². The molecule has 2 amide bonds. The molecule has 0 aliphatic carbocycles. The standard InChI is InChI=1S/C16H24N2O3/c1-9(2)14-16(20)17-7-3-4-11(17)15(19)18(14)12-8-10-5-6-13(12)21-10/h9-14H,3-8H2,1-2H3. The molecule has 0 N–H and O–H groups in total. The quantitative estimate of drug-likeness (QED) is 0.767. The first-order valence-electron chi connectivity index (χ1n) is 8.36. The highest BCUT2D eigenvalue weighted by molar-refractivity contribution is 5.97. The van der Waals surface area contributed by atoms with Crippen LogP contribution in [0.1, 0.15) is 46.0 Å². The molecule has 4 saturated heterocycles. The number of fused-ring (bicyclic) bond motifs is 3. The maximum absolute atomic E-state index is 13.0. The number of carbonyl (C=O) groups is 2. The molecule has 5 nitrogen and oxygen atoms in total. The Labute approximate surface area is 125 Å². The van der Waals surface area contributed by atoms with Gasteiger partial charge in [-0.2, -0.15) is 0 Å². The van der Waals surface area contributed by atoms with E-state index in [0.29, 0.717) is 6.10 Å². The van der Waals surface area contributed by atoms with E-state index in [0.717, 1.165) is 38.6 Å². The van der Waals surface area contributed by atoms with Crippen LogP contribution in [-0.2, 0) is 14.3 Å². The van der Waals surface area contributed by atoms with Crippen molar-refractivity contribution in [3.8, 4) is 0 Å². The molecule has 4 heterocycles. The summed E-state index contributed by atoms with van der Waals surface area (Å²) in [6.07, 6.45) is 5.30. The number of hydrogen-bond acceptors (Lipinski definition) is 3. The van der Waals surface area contributed by atoms with E-state index >= 15 is 0 Å². The summed E-state index contributed by atoms with van der Waals surface area (Å²) in [6, 6.07) is -0.373. The lowest BCUT2D eigenvalue weighted by Crippen LogP contribution is -2.67. The van der Waals surface area contributed by atoms with Crippen LogP contribution in [0.25, 0.3) is 0 Å². The van der Waals surface area contributed by atoms with Crippen LogP contribution in [0, 0.1) is 5.92 Å². The molecule has 116 valence electrons. The van der Waals surface area contributed by atoms with Crippen molar-refractivity contribution in [2.75, 3.05) is 6.54 Å². The highest BCUT2D eigenvalue weighted by Gasteiger charge is 2.55. The normalized spacial score (nSPS) is 42.3. The summed E-state index contributed by atoms with van der Waals surface area (Å²) in [5.41, 5.74) is 0. The van der Waals surface area contributed by atoms with Gasteiger partial charge in [-0.05, 0) is 38.0 Å². The fraction of sp³-hybridized carbons (Fsp3) is 0.875. The monoisotopic (exact) mass is 292 g/mol. The summed E-state index contributed by atoms with van der Waals surface area (Å²) in [5.74, 6) is 0.490. The lowest BCUT2D eigenvalue weighted by molar-refractivity contribution is -0.165. The van der Waals surface area contributed by atoms with Crippen molar-refractivity contribution in [2.45, 2.75) is 76.3 Å². The molecule has 4 aliphatic rings. The van der Waals surface area contributed by atoms with E-state index < -0.39 is 0 Å². The van der Waals surface area contributed by atoms with Crippen molar-refractivity contribution in [1.82, 2.24) is 9.80 Å². The number of piperazine rings is 1. The molecular formula is C16H24N2O3. The van der Waals surface area contributed by atoms with Gasteiger partial charge in [-0.3, -0.25) is 9.59 Å². The molecule has 0 saturated carbocycles. The van der Waals surface area contributed by atoms with E-state index in [9.17, 15) is 9.59 Å². The molecule has 21 heavy (non-hydrogen) atoms. The first-order valence-corrected chi connectivity index (χ1v) is 8.36. The Bertz CT molecular complexity index is 478. The molecular weight excluding hydrogens is 268 g/mol. The van der Waals surface area contributed by atoms with Gasteiger partial charge < -0.3 is 14.5 Å². The molecule has 4 aliphatic heterocycles. The molecule has 5 heteroatoms. The van der Waals surface area contributed by atoms with E-state index in [-0.39, 0.29) is 42.0 Å². The van der Waals surface area contributed by atoms with Crippen LogP contribution in [0.5, 0.6) is 0 Å². The minimum Gasteiger partial charge on any atom is -0.373 e. The SMILES string of the molecule is CC(C)C1C(=O)N2CCCC2C(=O)N1C1CC2CCC1O2. The maximum Gasteiger partial charge on any atom is 0.246 e. The predicted octanol–water partition coefficient (Wildman–Crippen LogP) is 1.16. The largest absolute Gasteiger partial charge is 0.373 e. The highest BCUT2D eigenvalue weighted by atomic mass is 16.5. The fourth-order valence-electron chi connectivity index (χ4n) is 4.77. The second-order valence-corrected chi connectivity index (χ2v) is 7.30. The fourth-order valence-corrected chi connectivity index (χ4v) is 4.77. The Kier molecular flexibility index (Phi) is 3.03. The summed E-state index contributed by atoms with van der Waals surface area (Å²) in [7, 11) is 0. The predicted molar refractivity (Wildman–Crippen MR) is 76.5 cm³/mol. The van der Waals surface area contributed by atoms with Crippen LogP contribution in [0.4, 0.5) is 0 Å². The van der Waals surface area contributed by atoms with Gasteiger partial charge in [0.05, 0.1) is 18.2 Å². The van der Waals surface area contributed by atoms with Gasteiger partial charge in [0.2, 0.25) is 11.8 Å². The number of hydrogen-bond donors (Lipinski definition) is 0. The van der Waals surface area contributed by atoms with Crippen LogP contribution in [-0.4, -0.2) is 58.5 Å². The van der Waals surface area contributed by atoms with Gasteiger partial charge in [0.25, 0.3) is 0 Å². The number of nitrogens with zero attached hydrogens (tertiary/aromatic N) is 2. The molecule has 4 fully saturated rings. The molecule has 0 radical (unpaired) electrons. The van der Waals surface area contributed by atoms with Crippen LogP contribution in [0.15, 0.2) is 0 Å². The highest BCUT2D eigenvalue weighted by Crippen LogP contribution is 2.41. The zero-order valence-corrected chi connectivity index (χ0v) is 12.8. The molecule has 5 unspecified atom stereocenters. The lowest BCUT2D eigenvalue weighted by atomic mass is 9.88. The first-order chi connectivity index (χ1) is 10.1. The number of amides is 2. The number of carbonyl (C=O) groups excluding carboxylic acids is 2. The molecule has 2 bridgehead atoms. The summed E-state index contributed by atoms with van der Waals surface area (Å²) in [4.78, 5) is 29.6. The van der Waals surface area contributed by atoms with Crippen LogP contribution < -0.4 is 0 Å². The van der Waals surface area contributed by atoms with E-state index in [1.54, 1.807) is 0 Å². The topological polar surface area (TPSA) is 49.9 Å². The first kappa shape index (κ1) is 13.6. The third-order valence-corrected chi connectivity index (χ3v) is 5.69. The third-order valence-electron chi connectivity index (χ3n) is 5.69. The van der Waals surface area contributed by atoms with Crippen molar-refractivity contribution in [1.29, 1.82) is 0 Å². The molecule has 0 aromatic heterocycles.